The molecule has 2 aromatic rings. The van der Waals surface area contributed by atoms with Crippen LogP contribution in [0, 0.1) is 5.82 Å². The van der Waals surface area contributed by atoms with Crippen LogP contribution in [0.4, 0.5) is 4.39 Å². The lowest BCUT2D eigenvalue weighted by Crippen LogP contribution is -2.41. The fourth-order valence-electron chi connectivity index (χ4n) is 1.98. The molecule has 0 saturated carbocycles. The molecule has 0 aliphatic rings. The first-order valence-electron chi connectivity index (χ1n) is 7.78. The van der Waals surface area contributed by atoms with E-state index in [9.17, 15) is 9.18 Å². The molecule has 6 nitrogen and oxygen atoms in total. The number of nitrogens with zero attached hydrogens (tertiary/aromatic N) is 1. The number of guanidine groups is 1. The third kappa shape index (κ3) is 7.12. The Bertz CT molecular complexity index is 677. The third-order valence-corrected chi connectivity index (χ3v) is 3.16. The van der Waals surface area contributed by atoms with Gasteiger partial charge in [0.05, 0.1) is 12.8 Å². The summed E-state index contributed by atoms with van der Waals surface area (Å²) in [6, 6.07) is 9.79. The van der Waals surface area contributed by atoms with Crippen LogP contribution in [0.25, 0.3) is 0 Å². The Morgan fingerprint density at radius 2 is 1.88 bits per heavy atom. The number of hydrogen-bond donors (Lipinski definition) is 3. The Hall–Kier alpha value is -2.10. The van der Waals surface area contributed by atoms with Crippen LogP contribution in [0.3, 0.4) is 0 Å². The molecule has 0 aliphatic heterocycles. The highest BCUT2D eigenvalue weighted by Crippen LogP contribution is 2.07. The number of aliphatic imine (C=N–C) groups is 1. The lowest BCUT2D eigenvalue weighted by Gasteiger charge is -2.11. The topological polar surface area (TPSA) is 78.7 Å². The van der Waals surface area contributed by atoms with Crippen molar-refractivity contribution in [1.29, 1.82) is 0 Å². The minimum Gasteiger partial charge on any atom is -0.459 e. The minimum absolute atomic E-state index is 0. The summed E-state index contributed by atoms with van der Waals surface area (Å²) < 4.78 is 18.6. The number of rotatable bonds is 7. The summed E-state index contributed by atoms with van der Waals surface area (Å²) in [5, 5.41) is 8.88. The number of hydrogen-bond acceptors (Lipinski definition) is 3. The van der Waals surface area contributed by atoms with E-state index in [1.165, 1.54) is 12.3 Å². The van der Waals surface area contributed by atoms with E-state index in [1.807, 2.05) is 6.92 Å². The highest BCUT2D eigenvalue weighted by atomic mass is 127. The van der Waals surface area contributed by atoms with Crippen molar-refractivity contribution in [2.24, 2.45) is 4.99 Å². The minimum atomic E-state index is -0.275. The maximum absolute atomic E-state index is 13.6. The number of amides is 1. The summed E-state index contributed by atoms with van der Waals surface area (Å²) in [4.78, 5) is 16.0. The van der Waals surface area contributed by atoms with Gasteiger partial charge in [0.1, 0.15) is 5.82 Å². The zero-order valence-corrected chi connectivity index (χ0v) is 16.3. The number of carbonyl (C=O) groups is 1. The average molecular weight is 460 g/mol. The third-order valence-electron chi connectivity index (χ3n) is 3.16. The van der Waals surface area contributed by atoms with Crippen molar-refractivity contribution in [3.05, 3.63) is 59.8 Å². The van der Waals surface area contributed by atoms with Crippen LogP contribution >= 0.6 is 24.0 Å². The second kappa shape index (κ2) is 11.5. The summed E-state index contributed by atoms with van der Waals surface area (Å²) in [7, 11) is 0. The summed E-state index contributed by atoms with van der Waals surface area (Å²) >= 11 is 0. The summed E-state index contributed by atoms with van der Waals surface area (Å²) in [6.45, 7) is 3.75. The molecular formula is C17H22FIN4O2. The highest BCUT2D eigenvalue weighted by molar-refractivity contribution is 14.0. The molecule has 2 rings (SSSR count). The molecule has 0 bridgehead atoms. The molecule has 136 valence electrons. The fourth-order valence-corrected chi connectivity index (χ4v) is 1.98. The Balaban J connectivity index is 0.00000312. The van der Waals surface area contributed by atoms with Gasteiger partial charge in [0.25, 0.3) is 5.91 Å². The van der Waals surface area contributed by atoms with Gasteiger partial charge in [-0.2, -0.15) is 0 Å². The van der Waals surface area contributed by atoms with Gasteiger partial charge in [0, 0.05) is 25.2 Å². The molecule has 8 heteroatoms. The molecule has 1 aromatic heterocycles. The molecule has 1 amide bonds. The van der Waals surface area contributed by atoms with E-state index in [0.29, 0.717) is 31.2 Å². The standard InChI is InChI=1S/C17H21FN4O2.HI/c1-2-19-17(22-12-13-6-3-4-7-14(13)18)21-10-9-20-16(23)15-8-5-11-24-15;/h3-8,11H,2,9-10,12H2,1H3,(H,20,23)(H2,19,21,22);1H. The summed E-state index contributed by atoms with van der Waals surface area (Å²) in [5.74, 6) is 0.293. The van der Waals surface area contributed by atoms with Crippen LogP contribution in [0.5, 0.6) is 0 Å². The predicted molar refractivity (Wildman–Crippen MR) is 106 cm³/mol. The van der Waals surface area contributed by atoms with Crippen LogP contribution in [0.15, 0.2) is 52.1 Å². The monoisotopic (exact) mass is 460 g/mol. The Morgan fingerprint density at radius 3 is 2.56 bits per heavy atom. The van der Waals surface area contributed by atoms with Gasteiger partial charge in [-0.25, -0.2) is 9.38 Å². The van der Waals surface area contributed by atoms with E-state index < -0.39 is 0 Å². The summed E-state index contributed by atoms with van der Waals surface area (Å²) in [6.07, 6.45) is 1.45. The molecule has 3 N–H and O–H groups in total. The van der Waals surface area contributed by atoms with Crippen molar-refractivity contribution < 1.29 is 13.6 Å². The van der Waals surface area contributed by atoms with Gasteiger partial charge >= 0.3 is 0 Å². The molecule has 1 heterocycles. The Kier molecular flexibility index (Phi) is 9.60. The largest absolute Gasteiger partial charge is 0.459 e. The Morgan fingerprint density at radius 1 is 1.12 bits per heavy atom. The molecule has 0 radical (unpaired) electrons. The molecule has 1 aromatic carbocycles. The van der Waals surface area contributed by atoms with Gasteiger partial charge in [0.15, 0.2) is 11.7 Å². The molecule has 0 aliphatic carbocycles. The molecule has 0 atom stereocenters. The van der Waals surface area contributed by atoms with E-state index in [1.54, 1.807) is 30.3 Å². The smallest absolute Gasteiger partial charge is 0.287 e. The van der Waals surface area contributed by atoms with E-state index in [-0.39, 0.29) is 48.0 Å². The molecular weight excluding hydrogens is 438 g/mol. The maximum Gasteiger partial charge on any atom is 0.287 e. The first-order valence-corrected chi connectivity index (χ1v) is 7.78. The number of halogens is 2. The van der Waals surface area contributed by atoms with Crippen LogP contribution in [-0.2, 0) is 6.54 Å². The van der Waals surface area contributed by atoms with Crippen molar-refractivity contribution >= 4 is 35.8 Å². The van der Waals surface area contributed by atoms with E-state index in [2.05, 4.69) is 20.9 Å². The van der Waals surface area contributed by atoms with Crippen molar-refractivity contribution in [3.63, 3.8) is 0 Å². The van der Waals surface area contributed by atoms with Crippen molar-refractivity contribution in [3.8, 4) is 0 Å². The molecule has 0 unspecified atom stereocenters. The van der Waals surface area contributed by atoms with Crippen LogP contribution < -0.4 is 16.0 Å². The van der Waals surface area contributed by atoms with Crippen LogP contribution in [-0.4, -0.2) is 31.5 Å². The van der Waals surface area contributed by atoms with Gasteiger partial charge in [-0.3, -0.25) is 4.79 Å². The van der Waals surface area contributed by atoms with Crippen molar-refractivity contribution in [2.75, 3.05) is 19.6 Å². The second-order valence-electron chi connectivity index (χ2n) is 4.95. The van der Waals surface area contributed by atoms with Crippen LogP contribution in [0.1, 0.15) is 23.0 Å². The SMILES string of the molecule is CCNC(=NCc1ccccc1F)NCCNC(=O)c1ccco1.I. The number of furan rings is 1. The lowest BCUT2D eigenvalue weighted by molar-refractivity contribution is 0.0926. The zero-order chi connectivity index (χ0) is 17.2. The number of nitrogens with one attached hydrogen (secondary N) is 3. The average Bonchev–Trinajstić information content (AvgIpc) is 3.12. The molecule has 0 saturated heterocycles. The maximum atomic E-state index is 13.6. The lowest BCUT2D eigenvalue weighted by atomic mass is 10.2. The van der Waals surface area contributed by atoms with E-state index >= 15 is 0 Å². The van der Waals surface area contributed by atoms with Gasteiger partial charge in [-0.15, -0.1) is 24.0 Å². The zero-order valence-electron chi connectivity index (χ0n) is 13.9. The van der Waals surface area contributed by atoms with E-state index in [0.717, 1.165) is 0 Å². The predicted octanol–water partition coefficient (Wildman–Crippen LogP) is 2.52. The van der Waals surface area contributed by atoms with E-state index in [4.69, 9.17) is 4.42 Å². The first kappa shape index (κ1) is 20.9. The highest BCUT2D eigenvalue weighted by Gasteiger charge is 2.07. The quantitative estimate of drug-likeness (QED) is 0.257. The Labute approximate surface area is 163 Å². The molecule has 25 heavy (non-hydrogen) atoms. The van der Waals surface area contributed by atoms with Crippen molar-refractivity contribution in [2.45, 2.75) is 13.5 Å². The van der Waals surface area contributed by atoms with Gasteiger partial charge < -0.3 is 20.4 Å². The molecule has 0 fully saturated rings. The first-order chi connectivity index (χ1) is 11.7. The van der Waals surface area contributed by atoms with Crippen molar-refractivity contribution in [1.82, 2.24) is 16.0 Å². The second-order valence-corrected chi connectivity index (χ2v) is 4.95. The fraction of sp³-hybridized carbons (Fsp3) is 0.294. The normalized spacial score (nSPS) is 10.7. The van der Waals surface area contributed by atoms with Gasteiger partial charge in [-0.1, -0.05) is 18.2 Å². The number of carbonyl (C=O) groups excluding carboxylic acids is 1. The van der Waals surface area contributed by atoms with Crippen LogP contribution in [0.2, 0.25) is 0 Å². The van der Waals surface area contributed by atoms with Gasteiger partial charge in [-0.05, 0) is 25.1 Å². The van der Waals surface area contributed by atoms with Gasteiger partial charge in [0.2, 0.25) is 0 Å². The molecule has 0 spiro atoms. The number of benzene rings is 1. The summed E-state index contributed by atoms with van der Waals surface area (Å²) in [5.41, 5.74) is 0.529.